The van der Waals surface area contributed by atoms with Gasteiger partial charge in [0.05, 0.1) is 12.1 Å². The fraction of sp³-hybridized carbons (Fsp3) is 0.429. The molecule has 23 heavy (non-hydrogen) atoms. The van der Waals surface area contributed by atoms with Crippen LogP contribution >= 0.6 is 0 Å². The van der Waals surface area contributed by atoms with Crippen LogP contribution in [-0.4, -0.2) is 28.7 Å². The minimum absolute atomic E-state index is 0.226. The van der Waals surface area contributed by atoms with Crippen molar-refractivity contribution in [2.75, 3.05) is 6.54 Å². The molecule has 1 unspecified atom stereocenters. The standard InChI is InChI=1S/C21H27NO/c1-2-20(23)19-15-9-10-16-22(19)21(17-11-5-3-6-12-17)18-13-7-4-8-14-18/h3-8,11-14,19-21,23H,2,9-10,15-16H2,1H3/t19?,20-/m1/s1. The highest BCUT2D eigenvalue weighted by Gasteiger charge is 2.34. The lowest BCUT2D eigenvalue weighted by atomic mass is 9.89. The van der Waals surface area contributed by atoms with Gasteiger partial charge in [-0.05, 0) is 36.9 Å². The molecule has 122 valence electrons. The first-order chi connectivity index (χ1) is 11.3. The molecule has 0 aromatic heterocycles. The molecule has 0 bridgehead atoms. The molecule has 2 nitrogen and oxygen atoms in total. The first kappa shape index (κ1) is 16.2. The Balaban J connectivity index is 2.00. The van der Waals surface area contributed by atoms with Gasteiger partial charge in [0.1, 0.15) is 0 Å². The number of nitrogens with zero attached hydrogens (tertiary/aromatic N) is 1. The van der Waals surface area contributed by atoms with E-state index < -0.39 is 0 Å². The summed E-state index contributed by atoms with van der Waals surface area (Å²) in [5.41, 5.74) is 2.63. The van der Waals surface area contributed by atoms with Gasteiger partial charge in [-0.2, -0.15) is 0 Å². The predicted octanol–water partition coefficient (Wildman–Crippen LogP) is 4.40. The second-order valence-corrected chi connectivity index (χ2v) is 6.50. The van der Waals surface area contributed by atoms with Crippen molar-refractivity contribution in [3.63, 3.8) is 0 Å². The van der Waals surface area contributed by atoms with Crippen molar-refractivity contribution in [2.24, 2.45) is 0 Å². The zero-order valence-electron chi connectivity index (χ0n) is 13.9. The van der Waals surface area contributed by atoms with Gasteiger partial charge in [-0.3, -0.25) is 4.90 Å². The van der Waals surface area contributed by atoms with Crippen LogP contribution in [-0.2, 0) is 0 Å². The van der Waals surface area contributed by atoms with Gasteiger partial charge in [0.15, 0.2) is 0 Å². The molecule has 0 amide bonds. The maximum absolute atomic E-state index is 10.6. The molecule has 3 rings (SSSR count). The summed E-state index contributed by atoms with van der Waals surface area (Å²) < 4.78 is 0. The Hall–Kier alpha value is -1.64. The van der Waals surface area contributed by atoms with Gasteiger partial charge < -0.3 is 5.11 Å². The zero-order chi connectivity index (χ0) is 16.1. The molecule has 2 heteroatoms. The number of aliphatic hydroxyl groups is 1. The van der Waals surface area contributed by atoms with Crippen molar-refractivity contribution in [2.45, 2.75) is 50.8 Å². The van der Waals surface area contributed by atoms with Gasteiger partial charge in [-0.15, -0.1) is 0 Å². The first-order valence-corrected chi connectivity index (χ1v) is 8.85. The summed E-state index contributed by atoms with van der Waals surface area (Å²) in [5.74, 6) is 0. The number of benzene rings is 2. The molecule has 1 saturated heterocycles. The third-order valence-electron chi connectivity index (χ3n) is 5.02. The Bertz CT molecular complexity index is 544. The SMILES string of the molecule is CC[C@@H](O)C1CCCCN1C(c1ccccc1)c1ccccc1. The lowest BCUT2D eigenvalue weighted by molar-refractivity contribution is 0.00748. The highest BCUT2D eigenvalue weighted by Crippen LogP contribution is 2.35. The lowest BCUT2D eigenvalue weighted by Gasteiger charge is -2.43. The van der Waals surface area contributed by atoms with Crippen molar-refractivity contribution in [1.29, 1.82) is 0 Å². The van der Waals surface area contributed by atoms with Gasteiger partial charge >= 0.3 is 0 Å². The molecular formula is C21H27NO. The van der Waals surface area contributed by atoms with E-state index in [-0.39, 0.29) is 18.2 Å². The highest BCUT2D eigenvalue weighted by molar-refractivity contribution is 5.32. The third-order valence-corrected chi connectivity index (χ3v) is 5.02. The summed E-state index contributed by atoms with van der Waals surface area (Å²) in [6.07, 6.45) is 4.09. The normalized spacial score (nSPS) is 20.6. The zero-order valence-corrected chi connectivity index (χ0v) is 13.9. The van der Waals surface area contributed by atoms with Crippen LogP contribution < -0.4 is 0 Å². The van der Waals surface area contributed by atoms with Crippen molar-refractivity contribution in [1.82, 2.24) is 4.90 Å². The fourth-order valence-electron chi connectivity index (χ4n) is 3.83. The molecule has 0 aliphatic carbocycles. The Morgan fingerprint density at radius 2 is 1.52 bits per heavy atom. The summed E-state index contributed by atoms with van der Waals surface area (Å²) in [7, 11) is 0. The third kappa shape index (κ3) is 3.65. The Kier molecular flexibility index (Phi) is 5.47. The summed E-state index contributed by atoms with van der Waals surface area (Å²) in [4.78, 5) is 2.53. The molecule has 1 N–H and O–H groups in total. The highest BCUT2D eigenvalue weighted by atomic mass is 16.3. The van der Waals surface area contributed by atoms with E-state index in [1.54, 1.807) is 0 Å². The average Bonchev–Trinajstić information content (AvgIpc) is 2.63. The molecule has 0 radical (unpaired) electrons. The molecule has 1 fully saturated rings. The number of likely N-dealkylation sites (tertiary alicyclic amines) is 1. The van der Waals surface area contributed by atoms with Crippen LogP contribution in [0.25, 0.3) is 0 Å². The van der Waals surface area contributed by atoms with Crippen LogP contribution in [0, 0.1) is 0 Å². The van der Waals surface area contributed by atoms with E-state index in [0.717, 1.165) is 19.4 Å². The fourth-order valence-corrected chi connectivity index (χ4v) is 3.83. The molecule has 2 aromatic rings. The Labute approximate surface area is 139 Å². The van der Waals surface area contributed by atoms with Gasteiger partial charge in [0.25, 0.3) is 0 Å². The van der Waals surface area contributed by atoms with E-state index in [1.165, 1.54) is 24.0 Å². The Morgan fingerprint density at radius 1 is 0.957 bits per heavy atom. The van der Waals surface area contributed by atoms with Crippen molar-refractivity contribution in [3.8, 4) is 0 Å². The first-order valence-electron chi connectivity index (χ1n) is 8.85. The average molecular weight is 309 g/mol. The number of rotatable bonds is 5. The van der Waals surface area contributed by atoms with Crippen LogP contribution in [0.3, 0.4) is 0 Å². The summed E-state index contributed by atoms with van der Waals surface area (Å²) in [5, 5.41) is 10.6. The van der Waals surface area contributed by atoms with Gasteiger partial charge in [-0.25, -0.2) is 0 Å². The molecule has 1 aliphatic rings. The summed E-state index contributed by atoms with van der Waals surface area (Å²) >= 11 is 0. The summed E-state index contributed by atoms with van der Waals surface area (Å²) in [6.45, 7) is 3.13. The molecule has 0 spiro atoms. The topological polar surface area (TPSA) is 23.5 Å². The maximum atomic E-state index is 10.6. The monoisotopic (exact) mass is 309 g/mol. The van der Waals surface area contributed by atoms with Gasteiger partial charge in [-0.1, -0.05) is 74.0 Å². The minimum atomic E-state index is -0.245. The van der Waals surface area contributed by atoms with Crippen LogP contribution in [0.2, 0.25) is 0 Å². The maximum Gasteiger partial charge on any atom is 0.0693 e. The molecule has 1 heterocycles. The van der Waals surface area contributed by atoms with Crippen molar-refractivity contribution < 1.29 is 5.11 Å². The number of hydrogen-bond acceptors (Lipinski definition) is 2. The van der Waals surface area contributed by atoms with Crippen LogP contribution in [0.5, 0.6) is 0 Å². The second-order valence-electron chi connectivity index (χ2n) is 6.50. The van der Waals surface area contributed by atoms with Gasteiger partial charge in [0, 0.05) is 6.04 Å². The number of hydrogen-bond donors (Lipinski definition) is 1. The largest absolute Gasteiger partial charge is 0.392 e. The van der Waals surface area contributed by atoms with E-state index in [2.05, 4.69) is 72.5 Å². The minimum Gasteiger partial charge on any atom is -0.392 e. The Morgan fingerprint density at radius 3 is 2.04 bits per heavy atom. The number of aliphatic hydroxyl groups excluding tert-OH is 1. The van der Waals surface area contributed by atoms with E-state index in [1.807, 2.05) is 0 Å². The van der Waals surface area contributed by atoms with Crippen LogP contribution in [0.1, 0.15) is 49.8 Å². The molecule has 0 saturated carbocycles. The molecule has 2 aromatic carbocycles. The molecule has 2 atom stereocenters. The van der Waals surface area contributed by atoms with E-state index >= 15 is 0 Å². The quantitative estimate of drug-likeness (QED) is 0.885. The van der Waals surface area contributed by atoms with E-state index in [0.29, 0.717) is 0 Å². The van der Waals surface area contributed by atoms with Crippen molar-refractivity contribution >= 4 is 0 Å². The van der Waals surface area contributed by atoms with Crippen LogP contribution in [0.4, 0.5) is 0 Å². The van der Waals surface area contributed by atoms with Gasteiger partial charge in [0.2, 0.25) is 0 Å². The van der Waals surface area contributed by atoms with Crippen molar-refractivity contribution in [3.05, 3.63) is 71.8 Å². The second kappa shape index (κ2) is 7.76. The molecular weight excluding hydrogens is 282 g/mol. The lowest BCUT2D eigenvalue weighted by Crippen LogP contribution is -2.48. The van der Waals surface area contributed by atoms with E-state index in [9.17, 15) is 5.11 Å². The molecule has 1 aliphatic heterocycles. The summed E-state index contributed by atoms with van der Waals surface area (Å²) in [6, 6.07) is 21.9. The van der Waals surface area contributed by atoms with Crippen LogP contribution in [0.15, 0.2) is 60.7 Å². The van der Waals surface area contributed by atoms with E-state index in [4.69, 9.17) is 0 Å². The number of piperidine rings is 1. The predicted molar refractivity (Wildman–Crippen MR) is 95.4 cm³/mol. The smallest absolute Gasteiger partial charge is 0.0693 e.